The van der Waals surface area contributed by atoms with Crippen LogP contribution in [-0.2, 0) is 4.79 Å². The fourth-order valence-corrected chi connectivity index (χ4v) is 2.20. The van der Waals surface area contributed by atoms with Crippen LogP contribution in [0.3, 0.4) is 0 Å². The maximum atomic E-state index is 12.2. The minimum Gasteiger partial charge on any atom is -0.478 e. The Balaban J connectivity index is 2.17. The van der Waals surface area contributed by atoms with Crippen LogP contribution >= 0.6 is 15.9 Å². The third kappa shape index (κ3) is 4.29. The van der Waals surface area contributed by atoms with Gasteiger partial charge in [0, 0.05) is 16.2 Å². The molecule has 0 aliphatic rings. The van der Waals surface area contributed by atoms with E-state index >= 15 is 0 Å². The maximum absolute atomic E-state index is 12.2. The lowest BCUT2D eigenvalue weighted by Gasteiger charge is -2.07. The van der Waals surface area contributed by atoms with E-state index in [0.717, 1.165) is 6.08 Å². The van der Waals surface area contributed by atoms with Crippen molar-refractivity contribution in [2.45, 2.75) is 0 Å². The monoisotopic (exact) mass is 345 g/mol. The smallest absolute Gasteiger partial charge is 0.328 e. The van der Waals surface area contributed by atoms with Crippen LogP contribution in [0.15, 0.2) is 59.1 Å². The number of carbonyl (C=O) groups is 2. The third-order valence-corrected chi connectivity index (χ3v) is 3.37. The molecular weight excluding hydrogens is 334 g/mol. The Hall–Kier alpha value is -2.40. The van der Waals surface area contributed by atoms with E-state index < -0.39 is 5.97 Å². The molecule has 106 valence electrons. The molecule has 0 aromatic heterocycles. The summed E-state index contributed by atoms with van der Waals surface area (Å²) in [6.45, 7) is 0. The van der Waals surface area contributed by atoms with Crippen molar-refractivity contribution in [3.8, 4) is 0 Å². The quantitative estimate of drug-likeness (QED) is 0.828. The first-order chi connectivity index (χ1) is 10.1. The number of nitrogens with one attached hydrogen (secondary N) is 1. The zero-order valence-electron chi connectivity index (χ0n) is 10.9. The Bertz CT molecular complexity index is 710. The molecule has 0 saturated carbocycles. The van der Waals surface area contributed by atoms with Gasteiger partial charge in [-0.05, 0) is 51.8 Å². The first kappa shape index (κ1) is 15.0. The summed E-state index contributed by atoms with van der Waals surface area (Å²) in [5.74, 6) is -1.25. The molecule has 2 aromatic rings. The van der Waals surface area contributed by atoms with Crippen molar-refractivity contribution in [1.29, 1.82) is 0 Å². The highest BCUT2D eigenvalue weighted by molar-refractivity contribution is 9.10. The van der Waals surface area contributed by atoms with Gasteiger partial charge in [0.15, 0.2) is 0 Å². The number of benzene rings is 2. The summed E-state index contributed by atoms with van der Waals surface area (Å²) in [5, 5.41) is 11.4. The molecule has 2 N–H and O–H groups in total. The van der Waals surface area contributed by atoms with Crippen LogP contribution in [0, 0.1) is 0 Å². The molecule has 0 atom stereocenters. The molecule has 1 amide bonds. The number of hydrogen-bond donors (Lipinski definition) is 2. The molecule has 0 saturated heterocycles. The standard InChI is InChI=1S/C16H12BrNO3/c17-14-7-2-1-6-13(14)16(21)18-12-5-3-4-11(10-12)8-9-15(19)20/h1-10H,(H,18,21)(H,19,20)/b9-8+. The number of carboxylic acids is 1. The lowest BCUT2D eigenvalue weighted by Crippen LogP contribution is -2.12. The number of anilines is 1. The summed E-state index contributed by atoms with van der Waals surface area (Å²) in [7, 11) is 0. The van der Waals surface area contributed by atoms with Crippen molar-refractivity contribution in [2.24, 2.45) is 0 Å². The van der Waals surface area contributed by atoms with E-state index in [2.05, 4.69) is 21.2 Å². The van der Waals surface area contributed by atoms with E-state index in [0.29, 0.717) is 21.3 Å². The predicted molar refractivity (Wildman–Crippen MR) is 85.2 cm³/mol. The Kier molecular flexibility index (Phi) is 4.90. The fourth-order valence-electron chi connectivity index (χ4n) is 1.73. The molecule has 0 fully saturated rings. The molecule has 2 aromatic carbocycles. The molecular formula is C16H12BrNO3. The van der Waals surface area contributed by atoms with Crippen LogP contribution < -0.4 is 5.32 Å². The van der Waals surface area contributed by atoms with E-state index in [1.54, 1.807) is 42.5 Å². The Morgan fingerprint density at radius 2 is 1.86 bits per heavy atom. The molecule has 0 radical (unpaired) electrons. The number of carbonyl (C=O) groups excluding carboxylic acids is 1. The van der Waals surface area contributed by atoms with Crippen molar-refractivity contribution < 1.29 is 14.7 Å². The van der Waals surface area contributed by atoms with E-state index in [4.69, 9.17) is 5.11 Å². The highest BCUT2D eigenvalue weighted by Gasteiger charge is 2.09. The molecule has 21 heavy (non-hydrogen) atoms. The molecule has 0 aliphatic heterocycles. The van der Waals surface area contributed by atoms with Gasteiger partial charge in [-0.2, -0.15) is 0 Å². The van der Waals surface area contributed by atoms with Gasteiger partial charge in [0.2, 0.25) is 0 Å². The molecule has 0 heterocycles. The Labute approximate surface area is 130 Å². The largest absolute Gasteiger partial charge is 0.478 e. The molecule has 0 spiro atoms. The third-order valence-electron chi connectivity index (χ3n) is 2.68. The topological polar surface area (TPSA) is 66.4 Å². The Morgan fingerprint density at radius 3 is 2.57 bits per heavy atom. The van der Waals surface area contributed by atoms with Gasteiger partial charge in [-0.15, -0.1) is 0 Å². The summed E-state index contributed by atoms with van der Waals surface area (Å²) in [6.07, 6.45) is 2.52. The zero-order chi connectivity index (χ0) is 15.2. The van der Waals surface area contributed by atoms with E-state index in [9.17, 15) is 9.59 Å². The zero-order valence-corrected chi connectivity index (χ0v) is 12.5. The van der Waals surface area contributed by atoms with Crippen LogP contribution in [0.4, 0.5) is 5.69 Å². The summed E-state index contributed by atoms with van der Waals surface area (Å²) < 4.78 is 0.712. The van der Waals surface area contributed by atoms with Crippen molar-refractivity contribution in [1.82, 2.24) is 0 Å². The lowest BCUT2D eigenvalue weighted by molar-refractivity contribution is -0.131. The molecule has 0 unspecified atom stereocenters. The second-order valence-corrected chi connectivity index (χ2v) is 5.09. The average Bonchev–Trinajstić information content (AvgIpc) is 2.46. The van der Waals surface area contributed by atoms with E-state index in [-0.39, 0.29) is 5.91 Å². The number of rotatable bonds is 4. The van der Waals surface area contributed by atoms with Crippen LogP contribution in [0.25, 0.3) is 6.08 Å². The van der Waals surface area contributed by atoms with Crippen molar-refractivity contribution >= 4 is 39.6 Å². The summed E-state index contributed by atoms with van der Waals surface area (Å²) in [6, 6.07) is 14.1. The van der Waals surface area contributed by atoms with E-state index in [1.807, 2.05) is 6.07 Å². The summed E-state index contributed by atoms with van der Waals surface area (Å²) >= 11 is 3.33. The van der Waals surface area contributed by atoms with Crippen molar-refractivity contribution in [3.63, 3.8) is 0 Å². The lowest BCUT2D eigenvalue weighted by atomic mass is 10.1. The van der Waals surface area contributed by atoms with Crippen LogP contribution in [0.5, 0.6) is 0 Å². The number of hydrogen-bond acceptors (Lipinski definition) is 2. The maximum Gasteiger partial charge on any atom is 0.328 e. The van der Waals surface area contributed by atoms with Crippen molar-refractivity contribution in [3.05, 3.63) is 70.2 Å². The van der Waals surface area contributed by atoms with Gasteiger partial charge >= 0.3 is 5.97 Å². The van der Waals surface area contributed by atoms with Gasteiger partial charge in [-0.25, -0.2) is 4.79 Å². The summed E-state index contributed by atoms with van der Waals surface area (Å²) in [4.78, 5) is 22.7. The van der Waals surface area contributed by atoms with Gasteiger partial charge in [0.25, 0.3) is 5.91 Å². The van der Waals surface area contributed by atoms with Crippen LogP contribution in [0.1, 0.15) is 15.9 Å². The second kappa shape index (κ2) is 6.85. The van der Waals surface area contributed by atoms with Crippen molar-refractivity contribution in [2.75, 3.05) is 5.32 Å². The normalized spacial score (nSPS) is 10.5. The molecule has 0 bridgehead atoms. The average molecular weight is 346 g/mol. The van der Waals surface area contributed by atoms with Gasteiger partial charge in [0.1, 0.15) is 0 Å². The fraction of sp³-hybridized carbons (Fsp3) is 0. The predicted octanol–water partition coefficient (Wildman–Crippen LogP) is 3.80. The van der Waals surface area contributed by atoms with E-state index in [1.165, 1.54) is 6.08 Å². The summed E-state index contributed by atoms with van der Waals surface area (Å²) in [5.41, 5.74) is 1.83. The Morgan fingerprint density at radius 1 is 1.10 bits per heavy atom. The second-order valence-electron chi connectivity index (χ2n) is 4.23. The minimum absolute atomic E-state index is 0.234. The molecule has 0 aliphatic carbocycles. The number of amides is 1. The minimum atomic E-state index is -1.02. The number of carboxylic acid groups (broad SMARTS) is 1. The highest BCUT2D eigenvalue weighted by Crippen LogP contribution is 2.18. The SMILES string of the molecule is O=C(O)/C=C/c1cccc(NC(=O)c2ccccc2Br)c1. The first-order valence-electron chi connectivity index (χ1n) is 6.13. The van der Waals surface area contributed by atoms with Crippen LogP contribution in [0.2, 0.25) is 0 Å². The number of aliphatic carboxylic acids is 1. The number of halogens is 1. The first-order valence-corrected chi connectivity index (χ1v) is 6.92. The van der Waals surface area contributed by atoms with Gasteiger partial charge in [-0.1, -0.05) is 24.3 Å². The van der Waals surface area contributed by atoms with Gasteiger partial charge in [0.05, 0.1) is 5.56 Å². The highest BCUT2D eigenvalue weighted by atomic mass is 79.9. The van der Waals surface area contributed by atoms with Gasteiger partial charge < -0.3 is 10.4 Å². The molecule has 5 heteroatoms. The molecule has 4 nitrogen and oxygen atoms in total. The molecule has 2 rings (SSSR count). The van der Waals surface area contributed by atoms with Gasteiger partial charge in [-0.3, -0.25) is 4.79 Å². The van der Waals surface area contributed by atoms with Crippen LogP contribution in [-0.4, -0.2) is 17.0 Å².